The summed E-state index contributed by atoms with van der Waals surface area (Å²) in [6.07, 6.45) is 2.29. The van der Waals surface area contributed by atoms with Crippen LogP contribution in [0.4, 0.5) is 17.1 Å². The van der Waals surface area contributed by atoms with E-state index in [-0.39, 0.29) is 41.4 Å². The van der Waals surface area contributed by atoms with E-state index in [4.69, 9.17) is 4.74 Å². The summed E-state index contributed by atoms with van der Waals surface area (Å²) in [5, 5.41) is 6.07. The summed E-state index contributed by atoms with van der Waals surface area (Å²) in [6.45, 7) is 12.1. The molecule has 0 unspecified atom stereocenters. The Labute approximate surface area is 281 Å². The second-order valence-corrected chi connectivity index (χ2v) is 13.3. The zero-order chi connectivity index (χ0) is 34.6. The average molecular weight is 649 g/mol. The van der Waals surface area contributed by atoms with E-state index in [0.29, 0.717) is 54.5 Å². The zero-order valence-electron chi connectivity index (χ0n) is 28.6. The molecule has 48 heavy (non-hydrogen) atoms. The predicted molar refractivity (Wildman–Crippen MR) is 190 cm³/mol. The smallest absolute Gasteiger partial charge is 0.274 e. The van der Waals surface area contributed by atoms with E-state index in [0.717, 1.165) is 22.3 Å². The summed E-state index contributed by atoms with van der Waals surface area (Å²) in [7, 11) is 1.69. The Bertz CT molecular complexity index is 1900. The molecule has 250 valence electrons. The molecule has 1 aliphatic heterocycles. The molecule has 0 bridgehead atoms. The van der Waals surface area contributed by atoms with Crippen LogP contribution >= 0.6 is 0 Å². The number of carbonyl (C=O) groups is 3. The van der Waals surface area contributed by atoms with Crippen molar-refractivity contribution in [2.24, 2.45) is 7.05 Å². The van der Waals surface area contributed by atoms with Crippen LogP contribution in [0.1, 0.15) is 71.5 Å². The van der Waals surface area contributed by atoms with Gasteiger partial charge in [-0.2, -0.15) is 0 Å². The maximum atomic E-state index is 13.3. The SMILES string of the molecule is CCC(=O)Nc1cc(Nc2cc(-c3cccc(CC(=O)c4ccc(C(C)(C)C)cc4)c3C)cn(C)c2=O)ccc1C(=O)N1CCOCC1. The first-order chi connectivity index (χ1) is 22.8. The highest BCUT2D eigenvalue weighted by molar-refractivity contribution is 6.04. The van der Waals surface area contributed by atoms with Crippen molar-refractivity contribution in [3.8, 4) is 11.1 Å². The zero-order valence-corrected chi connectivity index (χ0v) is 28.6. The molecule has 2 amide bonds. The monoisotopic (exact) mass is 648 g/mol. The molecule has 0 atom stereocenters. The minimum absolute atomic E-state index is 0.00873. The fraction of sp³-hybridized carbons (Fsp3) is 0.333. The number of carbonyl (C=O) groups excluding carboxylic acids is 3. The Balaban J connectivity index is 1.42. The third-order valence-corrected chi connectivity index (χ3v) is 8.79. The van der Waals surface area contributed by atoms with Gasteiger partial charge >= 0.3 is 0 Å². The van der Waals surface area contributed by atoms with Crippen molar-refractivity contribution in [3.63, 3.8) is 0 Å². The van der Waals surface area contributed by atoms with Gasteiger partial charge in [0.25, 0.3) is 11.5 Å². The lowest BCUT2D eigenvalue weighted by molar-refractivity contribution is -0.115. The average Bonchev–Trinajstić information content (AvgIpc) is 3.07. The second-order valence-electron chi connectivity index (χ2n) is 13.3. The Morgan fingerprint density at radius 3 is 2.29 bits per heavy atom. The number of amides is 2. The Morgan fingerprint density at radius 1 is 0.917 bits per heavy atom. The molecule has 0 saturated carbocycles. The number of aryl methyl sites for hydroxylation is 1. The van der Waals surface area contributed by atoms with E-state index in [9.17, 15) is 19.2 Å². The Hall–Kier alpha value is -5.02. The van der Waals surface area contributed by atoms with Crippen LogP contribution in [0.25, 0.3) is 11.1 Å². The van der Waals surface area contributed by atoms with Crippen LogP contribution in [0.3, 0.4) is 0 Å². The van der Waals surface area contributed by atoms with Gasteiger partial charge in [0.05, 0.1) is 24.5 Å². The van der Waals surface area contributed by atoms with Crippen LogP contribution in [0.5, 0.6) is 0 Å². The maximum absolute atomic E-state index is 13.3. The van der Waals surface area contributed by atoms with Gasteiger partial charge in [-0.3, -0.25) is 19.2 Å². The summed E-state index contributed by atoms with van der Waals surface area (Å²) < 4.78 is 6.90. The van der Waals surface area contributed by atoms with Gasteiger partial charge in [0.2, 0.25) is 5.91 Å². The fourth-order valence-corrected chi connectivity index (χ4v) is 5.81. The number of anilines is 3. The van der Waals surface area contributed by atoms with Gasteiger partial charge < -0.3 is 24.8 Å². The van der Waals surface area contributed by atoms with Gasteiger partial charge in [-0.15, -0.1) is 0 Å². The van der Waals surface area contributed by atoms with E-state index in [1.165, 1.54) is 10.1 Å². The lowest BCUT2D eigenvalue weighted by Crippen LogP contribution is -2.41. The van der Waals surface area contributed by atoms with Crippen molar-refractivity contribution in [2.45, 2.75) is 52.9 Å². The Morgan fingerprint density at radius 2 is 1.62 bits per heavy atom. The van der Waals surface area contributed by atoms with Crippen LogP contribution in [-0.4, -0.2) is 53.4 Å². The molecule has 9 nitrogen and oxygen atoms in total. The maximum Gasteiger partial charge on any atom is 0.274 e. The number of benzene rings is 3. The van der Waals surface area contributed by atoms with E-state index in [1.54, 1.807) is 49.3 Å². The van der Waals surface area contributed by atoms with Crippen LogP contribution in [-0.2, 0) is 28.4 Å². The molecule has 9 heteroatoms. The predicted octanol–water partition coefficient (Wildman–Crippen LogP) is 6.65. The first-order valence-corrected chi connectivity index (χ1v) is 16.4. The lowest BCUT2D eigenvalue weighted by Gasteiger charge is -2.27. The van der Waals surface area contributed by atoms with E-state index < -0.39 is 0 Å². The standard InChI is InChI=1S/C39H44N4O5/c1-7-36(45)41-33-23-30(15-16-32(33)37(46)43-17-19-48-20-18-43)40-34-21-28(24-42(6)38(34)47)31-10-8-9-27(25(31)2)22-35(44)26-11-13-29(14-12-26)39(3,4)5/h8-16,21,23-24,40H,7,17-20,22H2,1-6H3,(H,41,45). The van der Waals surface area contributed by atoms with Crippen molar-refractivity contribution in [3.05, 3.63) is 111 Å². The molecule has 4 aromatic rings. The van der Waals surface area contributed by atoms with Crippen LogP contribution in [0, 0.1) is 6.92 Å². The number of aromatic nitrogens is 1. The molecule has 2 N–H and O–H groups in total. The highest BCUT2D eigenvalue weighted by Crippen LogP contribution is 2.30. The molecule has 0 radical (unpaired) electrons. The third kappa shape index (κ3) is 7.74. The molecule has 0 aliphatic carbocycles. The number of pyridine rings is 1. The van der Waals surface area contributed by atoms with Gasteiger partial charge in [-0.25, -0.2) is 0 Å². The van der Waals surface area contributed by atoms with Crippen molar-refractivity contribution in [1.29, 1.82) is 0 Å². The number of nitrogens with zero attached hydrogens (tertiary/aromatic N) is 2. The molecule has 1 saturated heterocycles. The first-order valence-electron chi connectivity index (χ1n) is 16.4. The largest absolute Gasteiger partial charge is 0.378 e. The van der Waals surface area contributed by atoms with Crippen LogP contribution < -0.4 is 16.2 Å². The van der Waals surface area contributed by atoms with Gasteiger partial charge in [0, 0.05) is 56.0 Å². The van der Waals surface area contributed by atoms with Crippen LogP contribution in [0.15, 0.2) is 77.7 Å². The minimum Gasteiger partial charge on any atom is -0.378 e. The van der Waals surface area contributed by atoms with Crippen molar-refractivity contribution >= 4 is 34.7 Å². The molecule has 1 aliphatic rings. The van der Waals surface area contributed by atoms with Gasteiger partial charge in [0.1, 0.15) is 5.69 Å². The van der Waals surface area contributed by atoms with Gasteiger partial charge in [-0.05, 0) is 58.9 Å². The number of Topliss-reactive ketones (excluding diaryl/α,β-unsaturated/α-hetero) is 1. The summed E-state index contributed by atoms with van der Waals surface area (Å²) in [6, 6.07) is 20.6. The highest BCUT2D eigenvalue weighted by Gasteiger charge is 2.23. The summed E-state index contributed by atoms with van der Waals surface area (Å²) in [5.74, 6) is -0.373. The molecule has 5 rings (SSSR count). The summed E-state index contributed by atoms with van der Waals surface area (Å²) >= 11 is 0. The number of ether oxygens (including phenoxy) is 1. The molecule has 1 aromatic heterocycles. The number of ketones is 1. The number of morpholine rings is 1. The van der Waals surface area contributed by atoms with E-state index in [1.807, 2.05) is 49.4 Å². The van der Waals surface area contributed by atoms with E-state index in [2.05, 4.69) is 31.4 Å². The van der Waals surface area contributed by atoms with Gasteiger partial charge in [-0.1, -0.05) is 70.2 Å². The van der Waals surface area contributed by atoms with Gasteiger partial charge in [0.15, 0.2) is 5.78 Å². The Kier molecular flexibility index (Phi) is 10.3. The molecule has 0 spiro atoms. The molecular weight excluding hydrogens is 604 g/mol. The molecule has 1 fully saturated rings. The normalized spacial score (nSPS) is 13.2. The number of nitrogens with one attached hydrogen (secondary N) is 2. The van der Waals surface area contributed by atoms with E-state index >= 15 is 0 Å². The topological polar surface area (TPSA) is 110 Å². The summed E-state index contributed by atoms with van der Waals surface area (Å²) in [4.78, 5) is 54.0. The first kappa shape index (κ1) is 34.3. The third-order valence-electron chi connectivity index (χ3n) is 8.79. The lowest BCUT2D eigenvalue weighted by atomic mass is 9.86. The highest BCUT2D eigenvalue weighted by atomic mass is 16.5. The number of rotatable bonds is 9. The van der Waals surface area contributed by atoms with Crippen LogP contribution in [0.2, 0.25) is 0 Å². The molecular formula is C39H44N4O5. The number of hydrogen-bond donors (Lipinski definition) is 2. The fourth-order valence-electron chi connectivity index (χ4n) is 5.81. The van der Waals surface area contributed by atoms with Crippen molar-refractivity contribution in [2.75, 3.05) is 36.9 Å². The number of hydrogen-bond acceptors (Lipinski definition) is 6. The quantitative estimate of drug-likeness (QED) is 0.197. The molecule has 3 aromatic carbocycles. The molecule has 2 heterocycles. The van der Waals surface area contributed by atoms with Crippen molar-refractivity contribution < 1.29 is 19.1 Å². The minimum atomic E-state index is -0.242. The van der Waals surface area contributed by atoms with Crippen molar-refractivity contribution in [1.82, 2.24) is 9.47 Å². The second kappa shape index (κ2) is 14.4. The summed E-state index contributed by atoms with van der Waals surface area (Å²) in [5.41, 5.74) is 6.82.